The van der Waals surface area contributed by atoms with E-state index in [1.165, 1.54) is 0 Å². The first-order valence-electron chi connectivity index (χ1n) is 7.18. The van der Waals surface area contributed by atoms with Crippen molar-refractivity contribution >= 4 is 6.09 Å². The molecule has 0 radical (unpaired) electrons. The van der Waals surface area contributed by atoms with Gasteiger partial charge in [-0.3, -0.25) is 4.90 Å². The van der Waals surface area contributed by atoms with E-state index in [1.807, 2.05) is 25.7 Å². The Labute approximate surface area is 115 Å². The molecule has 2 atom stereocenters. The normalized spacial score (nSPS) is 29.6. The van der Waals surface area contributed by atoms with Gasteiger partial charge in [-0.25, -0.2) is 4.79 Å². The van der Waals surface area contributed by atoms with E-state index in [9.17, 15) is 4.79 Å². The number of hydrogen-bond acceptors (Lipinski definition) is 4. The van der Waals surface area contributed by atoms with Crippen molar-refractivity contribution in [1.82, 2.24) is 9.80 Å². The van der Waals surface area contributed by atoms with Gasteiger partial charge in [-0.1, -0.05) is 0 Å². The number of amides is 1. The van der Waals surface area contributed by atoms with Gasteiger partial charge in [0.15, 0.2) is 0 Å². The molecule has 1 unspecified atom stereocenters. The maximum absolute atomic E-state index is 12.0. The van der Waals surface area contributed by atoms with Gasteiger partial charge in [0.2, 0.25) is 0 Å². The van der Waals surface area contributed by atoms with Gasteiger partial charge in [-0.05, 0) is 34.1 Å². The minimum atomic E-state index is -0.420. The van der Waals surface area contributed by atoms with Gasteiger partial charge in [-0.2, -0.15) is 0 Å². The molecule has 1 amide bonds. The molecule has 0 aromatic heterocycles. The zero-order valence-corrected chi connectivity index (χ0v) is 12.5. The molecule has 0 spiro atoms. The minimum absolute atomic E-state index is 0.193. The third kappa shape index (κ3) is 3.83. The summed E-state index contributed by atoms with van der Waals surface area (Å²) in [6, 6.07) is 0.892. The molecule has 5 nitrogen and oxygen atoms in total. The van der Waals surface area contributed by atoms with E-state index < -0.39 is 5.60 Å². The second-order valence-corrected chi connectivity index (χ2v) is 6.53. The highest BCUT2D eigenvalue weighted by Gasteiger charge is 2.34. The molecular weight excluding hydrogens is 244 g/mol. The average Bonchev–Trinajstić information content (AvgIpc) is 2.79. The molecule has 0 aliphatic carbocycles. The molecule has 0 N–H and O–H groups in total. The number of piperazine rings is 1. The smallest absolute Gasteiger partial charge is 0.410 e. The highest BCUT2D eigenvalue weighted by atomic mass is 16.6. The Morgan fingerprint density at radius 1 is 1.32 bits per heavy atom. The molecule has 2 aliphatic heterocycles. The van der Waals surface area contributed by atoms with Crippen LogP contribution in [0.2, 0.25) is 0 Å². The Morgan fingerprint density at radius 3 is 2.58 bits per heavy atom. The highest BCUT2D eigenvalue weighted by Crippen LogP contribution is 2.20. The molecule has 19 heavy (non-hydrogen) atoms. The summed E-state index contributed by atoms with van der Waals surface area (Å²) in [4.78, 5) is 16.3. The summed E-state index contributed by atoms with van der Waals surface area (Å²) in [5.41, 5.74) is -0.420. The van der Waals surface area contributed by atoms with Crippen LogP contribution in [0.15, 0.2) is 0 Å². The predicted molar refractivity (Wildman–Crippen MR) is 73.2 cm³/mol. The van der Waals surface area contributed by atoms with Crippen molar-refractivity contribution in [1.29, 1.82) is 0 Å². The molecule has 2 heterocycles. The summed E-state index contributed by atoms with van der Waals surface area (Å²) >= 11 is 0. The van der Waals surface area contributed by atoms with Crippen molar-refractivity contribution in [3.63, 3.8) is 0 Å². The number of ether oxygens (including phenoxy) is 2. The zero-order valence-electron chi connectivity index (χ0n) is 12.5. The summed E-state index contributed by atoms with van der Waals surface area (Å²) in [5, 5.41) is 0. The molecule has 0 saturated carbocycles. The standard InChI is InChI=1S/C14H26N2O3/c1-11-9-15(13(17)19-14(2,3)4)6-7-16(11)12-5-8-18-10-12/h11-12H,5-10H2,1-4H3/t11-,12?/m0/s1. The van der Waals surface area contributed by atoms with E-state index >= 15 is 0 Å². The summed E-state index contributed by atoms with van der Waals surface area (Å²) < 4.78 is 10.9. The van der Waals surface area contributed by atoms with Crippen molar-refractivity contribution in [3.05, 3.63) is 0 Å². The van der Waals surface area contributed by atoms with Crippen molar-refractivity contribution in [3.8, 4) is 0 Å². The molecular formula is C14H26N2O3. The van der Waals surface area contributed by atoms with Gasteiger partial charge < -0.3 is 14.4 Å². The van der Waals surface area contributed by atoms with E-state index in [-0.39, 0.29) is 6.09 Å². The Hall–Kier alpha value is -0.810. The summed E-state index contributed by atoms with van der Waals surface area (Å²) in [6.07, 6.45) is 0.915. The van der Waals surface area contributed by atoms with Crippen LogP contribution in [0.5, 0.6) is 0 Å². The molecule has 0 aromatic carbocycles. The lowest BCUT2D eigenvalue weighted by Crippen LogP contribution is -2.57. The molecule has 0 bridgehead atoms. The van der Waals surface area contributed by atoms with E-state index in [0.717, 1.165) is 39.3 Å². The van der Waals surface area contributed by atoms with Gasteiger partial charge >= 0.3 is 6.09 Å². The fourth-order valence-corrected chi connectivity index (χ4v) is 2.79. The van der Waals surface area contributed by atoms with Crippen molar-refractivity contribution < 1.29 is 14.3 Å². The van der Waals surface area contributed by atoms with E-state index in [0.29, 0.717) is 12.1 Å². The van der Waals surface area contributed by atoms with Crippen molar-refractivity contribution in [2.45, 2.75) is 51.8 Å². The quantitative estimate of drug-likeness (QED) is 0.727. The van der Waals surface area contributed by atoms with Gasteiger partial charge in [0.05, 0.1) is 6.61 Å². The van der Waals surface area contributed by atoms with Gasteiger partial charge in [0, 0.05) is 38.3 Å². The fraction of sp³-hybridized carbons (Fsp3) is 0.929. The average molecular weight is 270 g/mol. The molecule has 110 valence electrons. The lowest BCUT2D eigenvalue weighted by Gasteiger charge is -2.42. The molecule has 0 aromatic rings. The van der Waals surface area contributed by atoms with E-state index in [4.69, 9.17) is 9.47 Å². The number of rotatable bonds is 1. The van der Waals surface area contributed by atoms with Gasteiger partial charge in [0.25, 0.3) is 0 Å². The summed E-state index contributed by atoms with van der Waals surface area (Å²) in [7, 11) is 0. The van der Waals surface area contributed by atoms with Crippen LogP contribution in [0.25, 0.3) is 0 Å². The molecule has 5 heteroatoms. The Morgan fingerprint density at radius 2 is 2.05 bits per heavy atom. The van der Waals surface area contributed by atoms with Crippen LogP contribution in [0, 0.1) is 0 Å². The van der Waals surface area contributed by atoms with Crippen LogP contribution in [0.3, 0.4) is 0 Å². The topological polar surface area (TPSA) is 42.0 Å². The highest BCUT2D eigenvalue weighted by molar-refractivity contribution is 5.68. The third-order valence-electron chi connectivity index (χ3n) is 3.71. The summed E-state index contributed by atoms with van der Waals surface area (Å²) in [6.45, 7) is 12.0. The zero-order chi connectivity index (χ0) is 14.0. The minimum Gasteiger partial charge on any atom is -0.444 e. The van der Waals surface area contributed by atoms with E-state index in [1.54, 1.807) is 0 Å². The lowest BCUT2D eigenvalue weighted by molar-refractivity contribution is -0.00280. The number of nitrogens with zero attached hydrogens (tertiary/aromatic N) is 2. The number of hydrogen-bond donors (Lipinski definition) is 0. The van der Waals surface area contributed by atoms with Crippen LogP contribution in [-0.2, 0) is 9.47 Å². The van der Waals surface area contributed by atoms with Crippen LogP contribution >= 0.6 is 0 Å². The van der Waals surface area contributed by atoms with E-state index in [2.05, 4.69) is 11.8 Å². The first-order valence-corrected chi connectivity index (χ1v) is 7.18. The van der Waals surface area contributed by atoms with Crippen LogP contribution in [-0.4, -0.2) is 66.4 Å². The van der Waals surface area contributed by atoms with Gasteiger partial charge in [0.1, 0.15) is 5.60 Å². The Bertz CT molecular complexity index is 321. The van der Waals surface area contributed by atoms with Crippen LogP contribution in [0.4, 0.5) is 4.79 Å². The number of carbonyl (C=O) groups excluding carboxylic acids is 1. The monoisotopic (exact) mass is 270 g/mol. The third-order valence-corrected chi connectivity index (χ3v) is 3.71. The second kappa shape index (κ2) is 5.67. The predicted octanol–water partition coefficient (Wildman–Crippen LogP) is 1.72. The molecule has 2 aliphatic rings. The maximum atomic E-state index is 12.0. The summed E-state index contributed by atoms with van der Waals surface area (Å²) in [5.74, 6) is 0. The maximum Gasteiger partial charge on any atom is 0.410 e. The molecule has 2 fully saturated rings. The second-order valence-electron chi connectivity index (χ2n) is 6.53. The Kier molecular flexibility index (Phi) is 4.36. The van der Waals surface area contributed by atoms with Crippen LogP contribution < -0.4 is 0 Å². The van der Waals surface area contributed by atoms with Crippen molar-refractivity contribution in [2.75, 3.05) is 32.8 Å². The number of carbonyl (C=O) groups is 1. The lowest BCUT2D eigenvalue weighted by atomic mass is 10.1. The van der Waals surface area contributed by atoms with Crippen LogP contribution in [0.1, 0.15) is 34.1 Å². The molecule has 2 rings (SSSR count). The Balaban J connectivity index is 1.87. The SMILES string of the molecule is C[C@H]1CN(C(=O)OC(C)(C)C)CCN1C1CCOC1. The first kappa shape index (κ1) is 14.6. The van der Waals surface area contributed by atoms with Crippen molar-refractivity contribution in [2.24, 2.45) is 0 Å². The van der Waals surface area contributed by atoms with Gasteiger partial charge in [-0.15, -0.1) is 0 Å². The molecule has 2 saturated heterocycles. The first-order chi connectivity index (χ1) is 8.87. The fourth-order valence-electron chi connectivity index (χ4n) is 2.79. The largest absolute Gasteiger partial charge is 0.444 e.